The molecule has 1 atom stereocenters. The molecule has 0 aromatic carbocycles. The third-order valence-electron chi connectivity index (χ3n) is 3.71. The minimum Gasteiger partial charge on any atom is -0.444 e. The lowest BCUT2D eigenvalue weighted by Crippen LogP contribution is -2.52. The molecule has 2 aliphatic heterocycles. The number of nitrogens with one attached hydrogen (secondary N) is 1. The Balaban J connectivity index is 0.00000180. The summed E-state index contributed by atoms with van der Waals surface area (Å²) < 4.78 is 5.37. The van der Waals surface area contributed by atoms with Crippen LogP contribution in [0.25, 0.3) is 0 Å². The lowest BCUT2D eigenvalue weighted by atomic mass is 9.86. The first kappa shape index (κ1) is 16.5. The molecular formula is C13H25ClN2O3. The highest BCUT2D eigenvalue weighted by atomic mass is 35.5. The van der Waals surface area contributed by atoms with E-state index in [4.69, 9.17) is 4.74 Å². The first-order chi connectivity index (χ1) is 8.30. The van der Waals surface area contributed by atoms with Gasteiger partial charge in [-0.15, -0.1) is 12.4 Å². The molecule has 1 unspecified atom stereocenters. The van der Waals surface area contributed by atoms with Crippen LogP contribution in [0.4, 0.5) is 4.79 Å². The van der Waals surface area contributed by atoms with E-state index in [0.717, 1.165) is 19.3 Å². The number of halogens is 1. The van der Waals surface area contributed by atoms with Gasteiger partial charge in [0.05, 0.1) is 6.10 Å². The zero-order valence-electron chi connectivity index (χ0n) is 11.9. The summed E-state index contributed by atoms with van der Waals surface area (Å²) in [5.74, 6) is 0. The Kier molecular flexibility index (Phi) is 5.09. The number of hydrogen-bond acceptors (Lipinski definition) is 4. The SMILES string of the molecule is CC(C)(C)OC(=O)N1CCC2(CC1)CC(O)CN2.Cl. The van der Waals surface area contributed by atoms with Crippen LogP contribution < -0.4 is 5.32 Å². The maximum atomic E-state index is 11.9. The monoisotopic (exact) mass is 292 g/mol. The maximum Gasteiger partial charge on any atom is 0.410 e. The van der Waals surface area contributed by atoms with Crippen LogP contribution in [0.5, 0.6) is 0 Å². The molecule has 1 amide bonds. The fourth-order valence-electron chi connectivity index (χ4n) is 2.75. The summed E-state index contributed by atoms with van der Waals surface area (Å²) in [4.78, 5) is 13.7. The van der Waals surface area contributed by atoms with Gasteiger partial charge in [0.15, 0.2) is 0 Å². The lowest BCUT2D eigenvalue weighted by molar-refractivity contribution is 0.0152. The Morgan fingerprint density at radius 3 is 2.37 bits per heavy atom. The van der Waals surface area contributed by atoms with Crippen molar-refractivity contribution in [3.8, 4) is 0 Å². The van der Waals surface area contributed by atoms with E-state index in [1.54, 1.807) is 4.90 Å². The predicted octanol–water partition coefficient (Wildman–Crippen LogP) is 1.53. The van der Waals surface area contributed by atoms with E-state index in [1.807, 2.05) is 20.8 Å². The van der Waals surface area contributed by atoms with Crippen molar-refractivity contribution in [2.45, 2.75) is 57.3 Å². The molecule has 6 heteroatoms. The van der Waals surface area contributed by atoms with Crippen molar-refractivity contribution in [3.63, 3.8) is 0 Å². The number of β-amino-alcohol motifs (C(OH)–C–C–N with tert-alkyl or cyclic N) is 1. The van der Waals surface area contributed by atoms with Crippen LogP contribution >= 0.6 is 12.4 Å². The van der Waals surface area contributed by atoms with Crippen molar-refractivity contribution in [3.05, 3.63) is 0 Å². The summed E-state index contributed by atoms with van der Waals surface area (Å²) in [6.45, 7) is 7.72. The van der Waals surface area contributed by atoms with Gasteiger partial charge in [0.2, 0.25) is 0 Å². The fraction of sp³-hybridized carbons (Fsp3) is 0.923. The molecular weight excluding hydrogens is 268 g/mol. The topological polar surface area (TPSA) is 61.8 Å². The van der Waals surface area contributed by atoms with Gasteiger partial charge >= 0.3 is 6.09 Å². The van der Waals surface area contributed by atoms with E-state index < -0.39 is 5.60 Å². The largest absolute Gasteiger partial charge is 0.444 e. The van der Waals surface area contributed by atoms with E-state index in [1.165, 1.54) is 0 Å². The van der Waals surface area contributed by atoms with Gasteiger partial charge in [-0.05, 0) is 40.0 Å². The lowest BCUT2D eigenvalue weighted by Gasteiger charge is -2.39. The maximum absolute atomic E-state index is 11.9. The Bertz CT molecular complexity index is 322. The van der Waals surface area contributed by atoms with E-state index in [0.29, 0.717) is 19.6 Å². The quantitative estimate of drug-likeness (QED) is 0.711. The molecule has 0 radical (unpaired) electrons. The van der Waals surface area contributed by atoms with Crippen LogP contribution in [0.1, 0.15) is 40.0 Å². The minimum atomic E-state index is -0.436. The van der Waals surface area contributed by atoms with Gasteiger partial charge in [0, 0.05) is 25.2 Å². The van der Waals surface area contributed by atoms with Crippen molar-refractivity contribution in [2.75, 3.05) is 19.6 Å². The third-order valence-corrected chi connectivity index (χ3v) is 3.71. The highest BCUT2D eigenvalue weighted by Crippen LogP contribution is 2.31. The molecule has 5 nitrogen and oxygen atoms in total. The zero-order valence-corrected chi connectivity index (χ0v) is 12.8. The Hall–Kier alpha value is -0.520. The second-order valence-electron chi connectivity index (χ2n) is 6.49. The predicted molar refractivity (Wildman–Crippen MR) is 75.6 cm³/mol. The standard InChI is InChI=1S/C13H24N2O3.ClH/c1-12(2,3)18-11(17)15-6-4-13(5-7-15)8-10(16)9-14-13;/h10,14,16H,4-9H2,1-3H3;1H. The Morgan fingerprint density at radius 2 is 1.95 bits per heavy atom. The average Bonchev–Trinajstić information content (AvgIpc) is 2.58. The second kappa shape index (κ2) is 5.85. The van der Waals surface area contributed by atoms with Gasteiger partial charge in [-0.1, -0.05) is 0 Å². The second-order valence-corrected chi connectivity index (χ2v) is 6.49. The Morgan fingerprint density at radius 1 is 1.37 bits per heavy atom. The number of nitrogens with zero attached hydrogens (tertiary/aromatic N) is 1. The van der Waals surface area contributed by atoms with E-state index >= 15 is 0 Å². The number of aliphatic hydroxyl groups is 1. The molecule has 0 aliphatic carbocycles. The average molecular weight is 293 g/mol. The first-order valence-electron chi connectivity index (χ1n) is 6.71. The normalized spacial score (nSPS) is 26.1. The summed E-state index contributed by atoms with van der Waals surface area (Å²) in [5, 5.41) is 13.0. The Labute approximate surface area is 121 Å². The number of aliphatic hydroxyl groups excluding tert-OH is 1. The molecule has 0 aromatic heterocycles. The van der Waals surface area contributed by atoms with Crippen molar-refractivity contribution in [1.29, 1.82) is 0 Å². The van der Waals surface area contributed by atoms with Crippen LogP contribution in [0.2, 0.25) is 0 Å². The molecule has 0 aromatic rings. The van der Waals surface area contributed by atoms with Crippen LogP contribution in [-0.2, 0) is 4.74 Å². The smallest absolute Gasteiger partial charge is 0.410 e. The highest BCUT2D eigenvalue weighted by Gasteiger charge is 2.41. The third kappa shape index (κ3) is 4.23. The molecule has 2 aliphatic rings. The number of likely N-dealkylation sites (tertiary alicyclic amines) is 1. The number of rotatable bonds is 0. The number of ether oxygens (including phenoxy) is 1. The number of carbonyl (C=O) groups is 1. The zero-order chi connectivity index (χ0) is 13.4. The molecule has 2 rings (SSSR count). The molecule has 2 saturated heterocycles. The van der Waals surface area contributed by atoms with Gasteiger partial charge in [-0.3, -0.25) is 0 Å². The summed E-state index contributed by atoms with van der Waals surface area (Å²) >= 11 is 0. The number of hydrogen-bond donors (Lipinski definition) is 2. The van der Waals surface area contributed by atoms with Crippen molar-refractivity contribution in [1.82, 2.24) is 10.2 Å². The van der Waals surface area contributed by atoms with Gasteiger partial charge in [0.25, 0.3) is 0 Å². The fourth-order valence-corrected chi connectivity index (χ4v) is 2.75. The minimum absolute atomic E-state index is 0. The molecule has 19 heavy (non-hydrogen) atoms. The summed E-state index contributed by atoms with van der Waals surface area (Å²) in [5.41, 5.74) is -0.397. The highest BCUT2D eigenvalue weighted by molar-refractivity contribution is 5.85. The van der Waals surface area contributed by atoms with Gasteiger partial charge in [-0.25, -0.2) is 4.79 Å². The summed E-state index contributed by atoms with van der Waals surface area (Å²) in [6, 6.07) is 0. The van der Waals surface area contributed by atoms with Gasteiger partial charge in [0.1, 0.15) is 5.60 Å². The van der Waals surface area contributed by atoms with Crippen LogP contribution in [-0.4, -0.2) is 53.0 Å². The molecule has 112 valence electrons. The van der Waals surface area contributed by atoms with Crippen molar-refractivity contribution >= 4 is 18.5 Å². The molecule has 0 bridgehead atoms. The van der Waals surface area contributed by atoms with Crippen LogP contribution in [0, 0.1) is 0 Å². The van der Waals surface area contributed by atoms with Gasteiger partial charge < -0.3 is 20.1 Å². The van der Waals surface area contributed by atoms with Gasteiger partial charge in [-0.2, -0.15) is 0 Å². The molecule has 2 N–H and O–H groups in total. The number of piperidine rings is 1. The van der Waals surface area contributed by atoms with E-state index in [-0.39, 0.29) is 30.1 Å². The molecule has 2 fully saturated rings. The summed E-state index contributed by atoms with van der Waals surface area (Å²) in [6.07, 6.45) is 2.12. The van der Waals surface area contributed by atoms with E-state index in [9.17, 15) is 9.90 Å². The molecule has 2 heterocycles. The van der Waals surface area contributed by atoms with Crippen molar-refractivity contribution in [2.24, 2.45) is 0 Å². The first-order valence-corrected chi connectivity index (χ1v) is 6.71. The number of carbonyl (C=O) groups excluding carboxylic acids is 1. The molecule has 1 spiro atoms. The van der Waals surface area contributed by atoms with Crippen LogP contribution in [0.3, 0.4) is 0 Å². The van der Waals surface area contributed by atoms with Crippen LogP contribution in [0.15, 0.2) is 0 Å². The molecule has 0 saturated carbocycles. The van der Waals surface area contributed by atoms with Crippen molar-refractivity contribution < 1.29 is 14.6 Å². The van der Waals surface area contributed by atoms with E-state index in [2.05, 4.69) is 5.32 Å². The number of amides is 1. The summed E-state index contributed by atoms with van der Waals surface area (Å²) in [7, 11) is 0.